The molecule has 0 saturated heterocycles. The van der Waals surface area contributed by atoms with Gasteiger partial charge in [-0.05, 0) is 12.1 Å². The summed E-state index contributed by atoms with van der Waals surface area (Å²) in [7, 11) is 0. The van der Waals surface area contributed by atoms with E-state index in [1.807, 2.05) is 0 Å². The normalized spacial score (nSPS) is 10.2. The van der Waals surface area contributed by atoms with Crippen LogP contribution in [0.4, 0.5) is 4.79 Å². The van der Waals surface area contributed by atoms with Crippen molar-refractivity contribution in [3.8, 4) is 5.75 Å². The third kappa shape index (κ3) is 1.41. The number of carbonyl (C=O) groups is 1. The second-order valence-corrected chi connectivity index (χ2v) is 2.40. The highest BCUT2D eigenvalue weighted by Crippen LogP contribution is 2.16. The fourth-order valence-corrected chi connectivity index (χ4v) is 1.000. The first-order valence-electron chi connectivity index (χ1n) is 3.53. The Morgan fingerprint density at radius 1 is 1.38 bits per heavy atom. The second-order valence-electron chi connectivity index (χ2n) is 2.40. The van der Waals surface area contributed by atoms with Gasteiger partial charge in [-0.3, -0.25) is 0 Å². The second kappa shape index (κ2) is 2.74. The van der Waals surface area contributed by atoms with Crippen LogP contribution in [0, 0.1) is 0 Å². The van der Waals surface area contributed by atoms with Crippen molar-refractivity contribution in [2.45, 2.75) is 0 Å². The first kappa shape index (κ1) is 7.53. The lowest BCUT2D eigenvalue weighted by molar-refractivity contribution is 0.211. The molecule has 0 saturated carbocycles. The Morgan fingerprint density at radius 3 is 2.92 bits per heavy atom. The molecular weight excluding hydrogens is 172 g/mol. The van der Waals surface area contributed by atoms with E-state index >= 15 is 0 Å². The maximum absolute atomic E-state index is 10.4. The largest absolute Gasteiger partial charge is 0.410 e. The van der Waals surface area contributed by atoms with Crippen LogP contribution < -0.4 is 10.5 Å². The molecule has 1 heterocycles. The maximum Gasteiger partial charge on any atom is 0.409 e. The summed E-state index contributed by atoms with van der Waals surface area (Å²) in [6, 6.07) is 4.84. The van der Waals surface area contributed by atoms with Crippen LogP contribution in [0.2, 0.25) is 0 Å². The van der Waals surface area contributed by atoms with Crippen LogP contribution in [0.15, 0.2) is 18.2 Å². The molecule has 0 spiro atoms. The van der Waals surface area contributed by atoms with Gasteiger partial charge in [-0.2, -0.15) is 15.4 Å². The zero-order chi connectivity index (χ0) is 9.26. The molecule has 0 unspecified atom stereocenters. The highest BCUT2D eigenvalue weighted by molar-refractivity contribution is 5.77. The number of aromatic amines is 1. The molecule has 0 radical (unpaired) electrons. The molecule has 0 fully saturated rings. The summed E-state index contributed by atoms with van der Waals surface area (Å²) >= 11 is 0. The number of nitrogens with two attached hydrogens (primary N) is 1. The van der Waals surface area contributed by atoms with Crippen molar-refractivity contribution >= 4 is 17.1 Å². The lowest BCUT2D eigenvalue weighted by Crippen LogP contribution is -2.16. The van der Waals surface area contributed by atoms with Gasteiger partial charge in [-0.25, -0.2) is 4.79 Å². The quantitative estimate of drug-likeness (QED) is 0.661. The van der Waals surface area contributed by atoms with Crippen LogP contribution in [-0.4, -0.2) is 21.5 Å². The molecule has 2 rings (SSSR count). The molecule has 66 valence electrons. The molecule has 2 aromatic rings. The summed E-state index contributed by atoms with van der Waals surface area (Å²) in [6.07, 6.45) is -0.845. The van der Waals surface area contributed by atoms with Gasteiger partial charge in [-0.1, -0.05) is 0 Å². The average molecular weight is 178 g/mol. The fourth-order valence-electron chi connectivity index (χ4n) is 1.000. The molecule has 0 bridgehead atoms. The number of rotatable bonds is 1. The minimum atomic E-state index is -0.845. The van der Waals surface area contributed by atoms with Crippen LogP contribution in [0.1, 0.15) is 0 Å². The average Bonchev–Trinajstić information content (AvgIpc) is 2.49. The number of benzene rings is 1. The van der Waals surface area contributed by atoms with Crippen molar-refractivity contribution < 1.29 is 9.53 Å². The first-order chi connectivity index (χ1) is 6.25. The third-order valence-electron chi connectivity index (χ3n) is 1.51. The number of ether oxygens (including phenoxy) is 1. The standard InChI is InChI=1S/C7H6N4O2/c8-7(12)13-4-1-2-5-6(3-4)10-11-9-5/h1-3H,(H2,8,12)(H,9,10,11). The van der Waals surface area contributed by atoms with E-state index in [9.17, 15) is 4.79 Å². The van der Waals surface area contributed by atoms with E-state index in [4.69, 9.17) is 5.73 Å². The van der Waals surface area contributed by atoms with Crippen LogP contribution in [0.3, 0.4) is 0 Å². The molecule has 0 aliphatic heterocycles. The van der Waals surface area contributed by atoms with Crippen LogP contribution in [-0.2, 0) is 0 Å². The third-order valence-corrected chi connectivity index (χ3v) is 1.51. The molecule has 3 N–H and O–H groups in total. The van der Waals surface area contributed by atoms with Crippen molar-refractivity contribution in [3.05, 3.63) is 18.2 Å². The summed E-state index contributed by atoms with van der Waals surface area (Å²) < 4.78 is 4.65. The van der Waals surface area contributed by atoms with E-state index in [1.165, 1.54) is 0 Å². The van der Waals surface area contributed by atoms with Crippen molar-refractivity contribution in [1.82, 2.24) is 15.4 Å². The summed E-state index contributed by atoms with van der Waals surface area (Å²) in [5.41, 5.74) is 6.17. The number of nitrogens with one attached hydrogen (secondary N) is 1. The molecule has 13 heavy (non-hydrogen) atoms. The Morgan fingerprint density at radius 2 is 2.15 bits per heavy atom. The van der Waals surface area contributed by atoms with Gasteiger partial charge in [0.1, 0.15) is 16.8 Å². The molecule has 0 aliphatic carbocycles. The SMILES string of the molecule is NC(=O)Oc1ccc2n[nH]nc2c1. The summed E-state index contributed by atoms with van der Waals surface area (Å²) in [4.78, 5) is 10.4. The first-order valence-corrected chi connectivity index (χ1v) is 3.53. The van der Waals surface area contributed by atoms with Crippen LogP contribution in [0.25, 0.3) is 11.0 Å². The minimum Gasteiger partial charge on any atom is -0.410 e. The van der Waals surface area contributed by atoms with Crippen molar-refractivity contribution in [3.63, 3.8) is 0 Å². The summed E-state index contributed by atoms with van der Waals surface area (Å²) in [5, 5.41) is 10.1. The zero-order valence-electron chi connectivity index (χ0n) is 6.52. The van der Waals surface area contributed by atoms with E-state index in [1.54, 1.807) is 18.2 Å². The number of amides is 1. The van der Waals surface area contributed by atoms with E-state index in [2.05, 4.69) is 20.1 Å². The number of primary amides is 1. The van der Waals surface area contributed by atoms with Crippen LogP contribution in [0.5, 0.6) is 5.75 Å². The van der Waals surface area contributed by atoms with E-state index in [0.29, 0.717) is 16.8 Å². The molecule has 1 amide bonds. The molecule has 1 aromatic carbocycles. The predicted octanol–water partition coefficient (Wildman–Crippen LogP) is 0.415. The van der Waals surface area contributed by atoms with Gasteiger partial charge >= 0.3 is 6.09 Å². The van der Waals surface area contributed by atoms with E-state index in [0.717, 1.165) is 0 Å². The highest BCUT2D eigenvalue weighted by atomic mass is 16.5. The lowest BCUT2D eigenvalue weighted by Gasteiger charge is -1.97. The zero-order valence-corrected chi connectivity index (χ0v) is 6.52. The Bertz CT molecular complexity index is 450. The van der Waals surface area contributed by atoms with Gasteiger partial charge in [0.25, 0.3) is 0 Å². The smallest absolute Gasteiger partial charge is 0.409 e. The van der Waals surface area contributed by atoms with Crippen molar-refractivity contribution in [1.29, 1.82) is 0 Å². The number of hydrogen-bond acceptors (Lipinski definition) is 4. The monoisotopic (exact) mass is 178 g/mol. The van der Waals surface area contributed by atoms with Gasteiger partial charge in [0.15, 0.2) is 0 Å². The number of hydrogen-bond donors (Lipinski definition) is 2. The molecule has 6 nitrogen and oxygen atoms in total. The van der Waals surface area contributed by atoms with E-state index < -0.39 is 6.09 Å². The molecule has 6 heteroatoms. The predicted molar refractivity (Wildman–Crippen MR) is 44.1 cm³/mol. The topological polar surface area (TPSA) is 93.9 Å². The Labute approximate surface area is 72.7 Å². The maximum atomic E-state index is 10.4. The van der Waals surface area contributed by atoms with Gasteiger partial charge in [0, 0.05) is 6.07 Å². The summed E-state index contributed by atoms with van der Waals surface area (Å²) in [5.74, 6) is 0.355. The fraction of sp³-hybridized carbons (Fsp3) is 0. The Kier molecular flexibility index (Phi) is 1.59. The number of H-pyrrole nitrogens is 1. The highest BCUT2D eigenvalue weighted by Gasteiger charge is 2.02. The van der Waals surface area contributed by atoms with Crippen molar-refractivity contribution in [2.75, 3.05) is 0 Å². The summed E-state index contributed by atoms with van der Waals surface area (Å²) in [6.45, 7) is 0. The Balaban J connectivity index is 2.42. The molecule has 0 atom stereocenters. The van der Waals surface area contributed by atoms with Crippen LogP contribution >= 0.6 is 0 Å². The Hall–Kier alpha value is -2.11. The van der Waals surface area contributed by atoms with Crippen molar-refractivity contribution in [2.24, 2.45) is 5.73 Å². The molecule has 1 aromatic heterocycles. The van der Waals surface area contributed by atoms with E-state index in [-0.39, 0.29) is 0 Å². The van der Waals surface area contributed by atoms with Gasteiger partial charge in [0.05, 0.1) is 0 Å². The molecule has 0 aliphatic rings. The molecular formula is C7H6N4O2. The van der Waals surface area contributed by atoms with Gasteiger partial charge in [0.2, 0.25) is 0 Å². The lowest BCUT2D eigenvalue weighted by atomic mass is 10.3. The van der Waals surface area contributed by atoms with Gasteiger partial charge < -0.3 is 10.5 Å². The number of nitrogens with zero attached hydrogens (tertiary/aromatic N) is 2. The number of carbonyl (C=O) groups excluding carboxylic acids is 1. The minimum absolute atomic E-state index is 0.355. The number of aromatic nitrogens is 3. The van der Waals surface area contributed by atoms with Gasteiger partial charge in [-0.15, -0.1) is 0 Å². The number of fused-ring (bicyclic) bond motifs is 1.